The van der Waals surface area contributed by atoms with E-state index in [1.165, 1.54) is 19.2 Å². The highest BCUT2D eigenvalue weighted by Crippen LogP contribution is 2.37. The predicted octanol–water partition coefficient (Wildman–Crippen LogP) is 4.63. The Kier molecular flexibility index (Phi) is 8.75. The molecule has 1 N–H and O–H groups in total. The van der Waals surface area contributed by atoms with Gasteiger partial charge in [0.25, 0.3) is 11.1 Å². The van der Waals surface area contributed by atoms with Crippen molar-refractivity contribution in [2.75, 3.05) is 26.7 Å². The van der Waals surface area contributed by atoms with Crippen molar-refractivity contribution in [3.05, 3.63) is 61.6 Å². The van der Waals surface area contributed by atoms with E-state index in [1.54, 1.807) is 35.2 Å². The molecule has 0 unspecified atom stereocenters. The van der Waals surface area contributed by atoms with Crippen molar-refractivity contribution in [2.24, 2.45) is 0 Å². The minimum absolute atomic E-state index is 0.195. The third kappa shape index (κ3) is 6.45. The van der Waals surface area contributed by atoms with Gasteiger partial charge in [0.05, 0.1) is 21.1 Å². The molecule has 2 aliphatic heterocycles. The summed E-state index contributed by atoms with van der Waals surface area (Å²) in [6, 6.07) is 9.90. The number of carbonyl (C=O) groups is 4. The van der Waals surface area contributed by atoms with E-state index in [0.717, 1.165) is 45.1 Å². The van der Waals surface area contributed by atoms with E-state index in [1.807, 2.05) is 0 Å². The van der Waals surface area contributed by atoms with E-state index >= 15 is 0 Å². The third-order valence-electron chi connectivity index (χ3n) is 6.01. The fraction of sp³-hybridized carbons (Fsp3) is 0.308. The number of methoxy groups -OCH3 is 1. The number of hydrogen-bond acceptors (Lipinski definition) is 7. The summed E-state index contributed by atoms with van der Waals surface area (Å²) in [5, 5.41) is 8.58. The molecule has 37 heavy (non-hydrogen) atoms. The Hall–Kier alpha value is -3.06. The quantitative estimate of drug-likeness (QED) is 0.330. The molecule has 0 bridgehead atoms. The topological polar surface area (TPSA) is 113 Å². The first-order valence-corrected chi connectivity index (χ1v) is 13.5. The number of aromatic carboxylic acids is 1. The summed E-state index contributed by atoms with van der Waals surface area (Å²) in [5.74, 6) is -0.744. The number of piperidine rings is 1. The highest BCUT2D eigenvalue weighted by Gasteiger charge is 2.37. The van der Waals surface area contributed by atoms with Crippen molar-refractivity contribution >= 4 is 63.5 Å². The van der Waals surface area contributed by atoms with Gasteiger partial charge in [0.2, 0.25) is 5.91 Å². The van der Waals surface area contributed by atoms with Crippen molar-refractivity contribution in [2.45, 2.75) is 25.9 Å². The standard InChI is InChI=1S/C26H25IN2O7S/c1-35-20-12-17(11-19(27)23(20)36-15-16-5-7-18(8-6-16)25(32)33)13-21-24(31)29(26(34)37-21)14-22(30)28-9-3-2-4-10-28/h5-8,11-13H,2-4,9-10,14-15H2,1H3,(H,32,33)/b21-13-. The lowest BCUT2D eigenvalue weighted by atomic mass is 10.1. The van der Waals surface area contributed by atoms with Gasteiger partial charge in [0, 0.05) is 13.1 Å². The first kappa shape index (κ1) is 27.0. The molecule has 9 nitrogen and oxygen atoms in total. The summed E-state index contributed by atoms with van der Waals surface area (Å²) in [6.07, 6.45) is 4.56. The molecular formula is C26H25IN2O7S. The average molecular weight is 636 g/mol. The van der Waals surface area contributed by atoms with Gasteiger partial charge in [-0.3, -0.25) is 19.3 Å². The van der Waals surface area contributed by atoms with Gasteiger partial charge < -0.3 is 19.5 Å². The zero-order valence-electron chi connectivity index (χ0n) is 20.1. The van der Waals surface area contributed by atoms with Gasteiger partial charge in [0.1, 0.15) is 13.2 Å². The van der Waals surface area contributed by atoms with Gasteiger partial charge >= 0.3 is 5.97 Å². The molecule has 2 aromatic carbocycles. The average Bonchev–Trinajstić information content (AvgIpc) is 3.15. The second-order valence-corrected chi connectivity index (χ2v) is 10.7. The normalized spacial score (nSPS) is 16.9. The van der Waals surface area contributed by atoms with E-state index in [0.29, 0.717) is 30.2 Å². The highest BCUT2D eigenvalue weighted by molar-refractivity contribution is 14.1. The zero-order chi connectivity index (χ0) is 26.5. The van der Waals surface area contributed by atoms with Crippen LogP contribution >= 0.6 is 34.4 Å². The number of carboxylic acid groups (broad SMARTS) is 1. The van der Waals surface area contributed by atoms with Crippen molar-refractivity contribution in [3.63, 3.8) is 0 Å². The van der Waals surface area contributed by atoms with E-state index < -0.39 is 17.1 Å². The lowest BCUT2D eigenvalue weighted by Gasteiger charge is -2.27. The van der Waals surface area contributed by atoms with Gasteiger partial charge in [-0.2, -0.15) is 0 Å². The number of thioether (sulfide) groups is 1. The van der Waals surface area contributed by atoms with Crippen LogP contribution in [0.4, 0.5) is 4.79 Å². The van der Waals surface area contributed by atoms with Crippen molar-refractivity contribution < 1.29 is 33.8 Å². The fourth-order valence-electron chi connectivity index (χ4n) is 4.03. The predicted molar refractivity (Wildman–Crippen MR) is 147 cm³/mol. The van der Waals surface area contributed by atoms with Crippen LogP contribution in [-0.4, -0.2) is 64.7 Å². The number of carboxylic acids is 1. The maximum Gasteiger partial charge on any atom is 0.335 e. The fourth-order valence-corrected chi connectivity index (χ4v) is 5.65. The molecule has 0 spiro atoms. The summed E-state index contributed by atoms with van der Waals surface area (Å²) < 4.78 is 12.2. The van der Waals surface area contributed by atoms with E-state index in [-0.39, 0.29) is 29.5 Å². The number of benzene rings is 2. The third-order valence-corrected chi connectivity index (χ3v) is 7.72. The Labute approximate surface area is 231 Å². The molecule has 194 valence electrons. The number of amides is 3. The van der Waals surface area contributed by atoms with Gasteiger partial charge in [-0.25, -0.2) is 4.79 Å². The Morgan fingerprint density at radius 2 is 1.81 bits per heavy atom. The second kappa shape index (κ2) is 12.0. The molecule has 4 rings (SSSR count). The molecule has 3 amide bonds. The Bertz CT molecular complexity index is 1260. The largest absolute Gasteiger partial charge is 0.493 e. The monoisotopic (exact) mass is 636 g/mol. The first-order chi connectivity index (χ1) is 17.8. The van der Waals surface area contributed by atoms with Gasteiger partial charge in [-0.1, -0.05) is 12.1 Å². The highest BCUT2D eigenvalue weighted by atomic mass is 127. The van der Waals surface area contributed by atoms with E-state index in [9.17, 15) is 19.2 Å². The Morgan fingerprint density at radius 1 is 1.11 bits per heavy atom. The lowest BCUT2D eigenvalue weighted by molar-refractivity contribution is -0.136. The molecule has 2 saturated heterocycles. The summed E-state index contributed by atoms with van der Waals surface area (Å²) in [7, 11) is 1.50. The van der Waals surface area contributed by atoms with E-state index in [4.69, 9.17) is 14.6 Å². The summed E-state index contributed by atoms with van der Waals surface area (Å²) >= 11 is 2.91. The number of halogens is 1. The number of likely N-dealkylation sites (tertiary alicyclic amines) is 1. The van der Waals surface area contributed by atoms with Gasteiger partial charge in [-0.15, -0.1) is 0 Å². The van der Waals surface area contributed by atoms with Crippen LogP contribution in [0, 0.1) is 3.57 Å². The smallest absolute Gasteiger partial charge is 0.335 e. The maximum atomic E-state index is 12.9. The molecule has 0 aliphatic carbocycles. The lowest BCUT2D eigenvalue weighted by Crippen LogP contribution is -2.44. The minimum atomic E-state index is -0.995. The molecule has 2 fully saturated rings. The maximum absolute atomic E-state index is 12.9. The number of imide groups is 1. The molecule has 2 heterocycles. The van der Waals surface area contributed by atoms with Crippen LogP contribution in [0.3, 0.4) is 0 Å². The van der Waals surface area contributed by atoms with Crippen molar-refractivity contribution in [1.29, 1.82) is 0 Å². The summed E-state index contributed by atoms with van der Waals surface area (Å²) in [6.45, 7) is 1.27. The molecule has 0 radical (unpaired) electrons. The van der Waals surface area contributed by atoms with Crippen LogP contribution in [0.15, 0.2) is 41.3 Å². The van der Waals surface area contributed by atoms with Crippen LogP contribution in [0.2, 0.25) is 0 Å². The number of nitrogens with zero attached hydrogens (tertiary/aromatic N) is 2. The molecule has 2 aliphatic rings. The summed E-state index contributed by atoms with van der Waals surface area (Å²) in [4.78, 5) is 52.0. The van der Waals surface area contributed by atoms with E-state index in [2.05, 4.69) is 22.6 Å². The molecule has 0 saturated carbocycles. The van der Waals surface area contributed by atoms with Crippen LogP contribution in [0.25, 0.3) is 6.08 Å². The van der Waals surface area contributed by atoms with Gasteiger partial charge in [-0.05, 0) is 95.1 Å². The molecule has 0 aromatic heterocycles. The number of rotatable bonds is 8. The second-order valence-electron chi connectivity index (χ2n) is 8.53. The van der Waals surface area contributed by atoms with Crippen LogP contribution in [0.1, 0.15) is 40.7 Å². The van der Waals surface area contributed by atoms with Crippen LogP contribution in [-0.2, 0) is 16.2 Å². The number of hydrogen-bond donors (Lipinski definition) is 1. The molecule has 11 heteroatoms. The Morgan fingerprint density at radius 3 is 2.46 bits per heavy atom. The molecule has 2 aromatic rings. The van der Waals surface area contributed by atoms with Crippen molar-refractivity contribution in [3.8, 4) is 11.5 Å². The molecular weight excluding hydrogens is 611 g/mol. The SMILES string of the molecule is COc1cc(/C=C2\SC(=O)N(CC(=O)N3CCCCC3)C2=O)cc(I)c1OCc1ccc(C(=O)O)cc1. The molecule has 0 atom stereocenters. The van der Waals surface area contributed by atoms with Crippen LogP contribution in [0.5, 0.6) is 11.5 Å². The summed E-state index contributed by atoms with van der Waals surface area (Å²) in [5.41, 5.74) is 1.63. The Balaban J connectivity index is 1.46. The zero-order valence-corrected chi connectivity index (χ0v) is 23.0. The van der Waals surface area contributed by atoms with Gasteiger partial charge in [0.15, 0.2) is 11.5 Å². The minimum Gasteiger partial charge on any atom is -0.493 e. The van der Waals surface area contributed by atoms with Crippen LogP contribution < -0.4 is 9.47 Å². The first-order valence-electron chi connectivity index (χ1n) is 11.6. The number of ether oxygens (including phenoxy) is 2. The number of carbonyl (C=O) groups excluding carboxylic acids is 3. The van der Waals surface area contributed by atoms with Crippen molar-refractivity contribution in [1.82, 2.24) is 9.80 Å².